The van der Waals surface area contributed by atoms with Crippen molar-refractivity contribution in [3.63, 3.8) is 0 Å². The van der Waals surface area contributed by atoms with E-state index in [1.165, 1.54) is 12.1 Å². The second-order valence-corrected chi connectivity index (χ2v) is 1.31. The molecule has 0 unspecified atom stereocenters. The molecule has 40 valence electrons. The zero-order chi connectivity index (χ0) is 5.11. The first-order chi connectivity index (χ1) is 3.39. The third-order valence-electron chi connectivity index (χ3n) is 0.743. The molecule has 8 heavy (non-hydrogen) atoms. The number of hydrogen-bond acceptors (Lipinski definition) is 1. The first-order valence-corrected chi connectivity index (χ1v) is 2.11. The summed E-state index contributed by atoms with van der Waals surface area (Å²) in [6.07, 6.45) is 0. The standard InChI is InChI=1S/C6H6O.Ti.H/c7-6-4-2-1-3-5-6;;/h1-5,7H;;/q;+2;-1/p-1. The molecule has 0 N–H and O–H groups in total. The van der Waals surface area contributed by atoms with Gasteiger partial charge in [-0.1, -0.05) is 30.3 Å². The predicted octanol–water partition coefficient (Wildman–Crippen LogP) is 0.870. The Balaban J connectivity index is 0. The molecule has 0 spiro atoms. The van der Waals surface area contributed by atoms with Gasteiger partial charge in [0.1, 0.15) is 0 Å². The summed E-state index contributed by atoms with van der Waals surface area (Å²) in [5.74, 6) is 0.0718. The average molecular weight is 142 g/mol. The fraction of sp³-hybridized carbons (Fsp3) is 0. The summed E-state index contributed by atoms with van der Waals surface area (Å²) in [5, 5.41) is 10.3. The van der Waals surface area contributed by atoms with Crippen molar-refractivity contribution in [2.24, 2.45) is 0 Å². The molecule has 0 saturated carbocycles. The third kappa shape index (κ3) is 2.15. The number of hydrogen-bond donors (Lipinski definition) is 0. The van der Waals surface area contributed by atoms with Gasteiger partial charge in [0, 0.05) is 0 Å². The minimum Gasteiger partial charge on any atom is -1.00 e. The molecule has 0 aliphatic carbocycles. The SMILES string of the molecule is [H-].[O-]c1ccccc1.[Ti+2]. The van der Waals surface area contributed by atoms with Crippen molar-refractivity contribution in [2.75, 3.05) is 0 Å². The van der Waals surface area contributed by atoms with Gasteiger partial charge < -0.3 is 6.53 Å². The Morgan fingerprint density at radius 2 is 1.62 bits per heavy atom. The number of benzene rings is 1. The Kier molecular flexibility index (Phi) is 3.58. The largest absolute Gasteiger partial charge is 2.00 e. The summed E-state index contributed by atoms with van der Waals surface area (Å²) in [4.78, 5) is 0. The van der Waals surface area contributed by atoms with Gasteiger partial charge in [-0.15, -0.1) is 5.75 Å². The van der Waals surface area contributed by atoms with Crippen LogP contribution in [0.15, 0.2) is 30.3 Å². The molecule has 0 aliphatic heterocycles. The van der Waals surface area contributed by atoms with Gasteiger partial charge in [-0.2, -0.15) is 0 Å². The zero-order valence-electron chi connectivity index (χ0n) is 5.29. The van der Waals surface area contributed by atoms with Crippen molar-refractivity contribution in [1.82, 2.24) is 0 Å². The Morgan fingerprint density at radius 3 is 1.88 bits per heavy atom. The van der Waals surface area contributed by atoms with Crippen LogP contribution >= 0.6 is 0 Å². The Morgan fingerprint density at radius 1 is 1.12 bits per heavy atom. The first-order valence-electron chi connectivity index (χ1n) is 2.11. The monoisotopic (exact) mass is 142 g/mol. The van der Waals surface area contributed by atoms with E-state index in [1.807, 2.05) is 6.07 Å². The maximum atomic E-state index is 10.3. The van der Waals surface area contributed by atoms with Gasteiger partial charge in [-0.25, -0.2) is 0 Å². The average Bonchev–Trinajstić information content (AvgIpc) is 1.69. The van der Waals surface area contributed by atoms with Crippen LogP contribution in [0.25, 0.3) is 0 Å². The van der Waals surface area contributed by atoms with Crippen LogP contribution in [0.4, 0.5) is 0 Å². The molecule has 0 amide bonds. The second-order valence-electron chi connectivity index (χ2n) is 1.31. The Labute approximate surface area is 64.7 Å². The van der Waals surface area contributed by atoms with Crippen LogP contribution in [0.5, 0.6) is 5.75 Å². The van der Waals surface area contributed by atoms with Crippen LogP contribution < -0.4 is 5.11 Å². The van der Waals surface area contributed by atoms with Crippen molar-refractivity contribution < 1.29 is 28.3 Å². The Bertz CT molecular complexity index is 143. The number of rotatable bonds is 0. The van der Waals surface area contributed by atoms with Crippen LogP contribution in [0, 0.1) is 0 Å². The van der Waals surface area contributed by atoms with Gasteiger partial charge >= 0.3 is 21.7 Å². The van der Waals surface area contributed by atoms with E-state index in [1.54, 1.807) is 12.1 Å². The summed E-state index contributed by atoms with van der Waals surface area (Å²) in [7, 11) is 0. The predicted molar refractivity (Wildman–Crippen MR) is 27.0 cm³/mol. The van der Waals surface area contributed by atoms with Gasteiger partial charge in [0.2, 0.25) is 0 Å². The molecule has 0 saturated heterocycles. The van der Waals surface area contributed by atoms with Crippen LogP contribution in [0.2, 0.25) is 0 Å². The fourth-order valence-corrected chi connectivity index (χ4v) is 0.420. The van der Waals surface area contributed by atoms with E-state index in [-0.39, 0.29) is 28.9 Å². The van der Waals surface area contributed by atoms with Gasteiger partial charge in [0.15, 0.2) is 0 Å². The molecule has 0 radical (unpaired) electrons. The molecule has 1 rings (SSSR count). The topological polar surface area (TPSA) is 23.1 Å². The quantitative estimate of drug-likeness (QED) is 0.493. The second kappa shape index (κ2) is 3.70. The smallest absolute Gasteiger partial charge is 1.00 e. The van der Waals surface area contributed by atoms with Crippen LogP contribution in [0.1, 0.15) is 1.43 Å². The molecule has 1 aromatic rings. The summed E-state index contributed by atoms with van der Waals surface area (Å²) >= 11 is 0. The maximum absolute atomic E-state index is 10.3. The molecule has 0 bridgehead atoms. The van der Waals surface area contributed by atoms with E-state index in [0.29, 0.717) is 0 Å². The van der Waals surface area contributed by atoms with Crippen molar-refractivity contribution in [2.45, 2.75) is 0 Å². The van der Waals surface area contributed by atoms with Crippen LogP contribution in [0.3, 0.4) is 0 Å². The van der Waals surface area contributed by atoms with Gasteiger partial charge in [-0.3, -0.25) is 0 Å². The van der Waals surface area contributed by atoms with E-state index in [2.05, 4.69) is 0 Å². The molecule has 2 heteroatoms. The first kappa shape index (κ1) is 7.73. The minimum absolute atomic E-state index is 0. The third-order valence-corrected chi connectivity index (χ3v) is 0.743. The van der Waals surface area contributed by atoms with E-state index >= 15 is 0 Å². The van der Waals surface area contributed by atoms with E-state index < -0.39 is 0 Å². The van der Waals surface area contributed by atoms with E-state index in [0.717, 1.165) is 0 Å². The van der Waals surface area contributed by atoms with Crippen molar-refractivity contribution in [1.29, 1.82) is 0 Å². The van der Waals surface area contributed by atoms with Gasteiger partial charge in [-0.05, 0) is 0 Å². The van der Waals surface area contributed by atoms with Gasteiger partial charge in [0.25, 0.3) is 0 Å². The maximum Gasteiger partial charge on any atom is 2.00 e. The van der Waals surface area contributed by atoms with Crippen LogP contribution in [-0.4, -0.2) is 0 Å². The van der Waals surface area contributed by atoms with Crippen molar-refractivity contribution in [3.8, 4) is 5.75 Å². The molecule has 0 fully saturated rings. The van der Waals surface area contributed by atoms with Gasteiger partial charge in [0.05, 0.1) is 0 Å². The molecule has 0 aliphatic rings. The number of para-hydroxylation sites is 1. The molecule has 0 atom stereocenters. The molecular formula is C6H6OTi. The molecule has 1 aromatic carbocycles. The van der Waals surface area contributed by atoms with Crippen molar-refractivity contribution >= 4 is 0 Å². The minimum atomic E-state index is 0. The normalized spacial score (nSPS) is 7.50. The van der Waals surface area contributed by atoms with Crippen molar-refractivity contribution in [3.05, 3.63) is 30.3 Å². The molecular weight excluding hydrogens is 136 g/mol. The van der Waals surface area contributed by atoms with Crippen LogP contribution in [-0.2, 0) is 21.7 Å². The Hall–Kier alpha value is -0.266. The summed E-state index contributed by atoms with van der Waals surface area (Å²) in [6, 6.07) is 8.33. The molecule has 1 nitrogen and oxygen atoms in total. The molecule has 0 heterocycles. The molecule has 0 aromatic heterocycles. The summed E-state index contributed by atoms with van der Waals surface area (Å²) < 4.78 is 0. The van der Waals surface area contributed by atoms with E-state index in [9.17, 15) is 5.11 Å². The fourth-order valence-electron chi connectivity index (χ4n) is 0.420. The summed E-state index contributed by atoms with van der Waals surface area (Å²) in [5.41, 5.74) is 0. The zero-order valence-corrected chi connectivity index (χ0v) is 5.86. The summed E-state index contributed by atoms with van der Waals surface area (Å²) in [6.45, 7) is 0. The van der Waals surface area contributed by atoms with E-state index in [4.69, 9.17) is 0 Å².